The summed E-state index contributed by atoms with van der Waals surface area (Å²) in [6.45, 7) is 0. The molecule has 0 atom stereocenters. The molecule has 1 amide bonds. The Morgan fingerprint density at radius 2 is 1.77 bits per heavy atom. The molecule has 0 fully saturated rings. The summed E-state index contributed by atoms with van der Waals surface area (Å²) in [6.07, 6.45) is 0.333. The smallest absolute Gasteiger partial charge is 0.228 e. The van der Waals surface area contributed by atoms with Crippen molar-refractivity contribution in [2.45, 2.75) is 6.42 Å². The molecule has 0 spiro atoms. The number of aromatic nitrogens is 1. The summed E-state index contributed by atoms with van der Waals surface area (Å²) in [5.41, 5.74) is 3.46. The Morgan fingerprint density at radius 3 is 2.58 bits per heavy atom. The van der Waals surface area contributed by atoms with Crippen molar-refractivity contribution in [2.75, 3.05) is 5.32 Å². The topological polar surface area (TPSA) is 42.0 Å². The normalized spacial score (nSPS) is 10.8. The zero-order chi connectivity index (χ0) is 17.9. The number of nitrogens with zero attached hydrogens (tertiary/aromatic N) is 1. The molecule has 26 heavy (non-hydrogen) atoms. The van der Waals surface area contributed by atoms with Gasteiger partial charge in [-0.1, -0.05) is 54.1 Å². The van der Waals surface area contributed by atoms with E-state index >= 15 is 0 Å². The minimum Gasteiger partial charge on any atom is -0.326 e. The Labute approximate surface area is 160 Å². The van der Waals surface area contributed by atoms with Crippen molar-refractivity contribution < 1.29 is 4.79 Å². The molecule has 4 aromatic rings. The number of halogens is 1. The van der Waals surface area contributed by atoms with Gasteiger partial charge in [-0.05, 0) is 35.9 Å². The van der Waals surface area contributed by atoms with E-state index in [1.165, 1.54) is 0 Å². The predicted molar refractivity (Wildman–Crippen MR) is 109 cm³/mol. The first-order chi connectivity index (χ1) is 12.7. The van der Waals surface area contributed by atoms with Gasteiger partial charge in [0.1, 0.15) is 5.01 Å². The Balaban J connectivity index is 1.59. The maximum Gasteiger partial charge on any atom is 0.228 e. The Morgan fingerprint density at radius 1 is 1.00 bits per heavy atom. The molecule has 3 nitrogen and oxygen atoms in total. The van der Waals surface area contributed by atoms with E-state index in [1.54, 1.807) is 17.4 Å². The molecule has 0 unspecified atom stereocenters. The van der Waals surface area contributed by atoms with E-state index in [1.807, 2.05) is 66.7 Å². The lowest BCUT2D eigenvalue weighted by atomic mass is 10.1. The molecule has 3 aromatic carbocycles. The van der Waals surface area contributed by atoms with Gasteiger partial charge in [-0.2, -0.15) is 0 Å². The average Bonchev–Trinajstić information content (AvgIpc) is 3.08. The molecule has 0 radical (unpaired) electrons. The quantitative estimate of drug-likeness (QED) is 0.487. The monoisotopic (exact) mass is 378 g/mol. The third-order valence-electron chi connectivity index (χ3n) is 3.98. The fraction of sp³-hybridized carbons (Fsp3) is 0.0476. The predicted octanol–water partition coefficient (Wildman–Crippen LogP) is 5.80. The van der Waals surface area contributed by atoms with Crippen LogP contribution in [0.4, 0.5) is 5.69 Å². The molecule has 0 aliphatic heterocycles. The molecule has 0 saturated carbocycles. The van der Waals surface area contributed by atoms with Crippen LogP contribution in [0.1, 0.15) is 5.56 Å². The van der Waals surface area contributed by atoms with E-state index in [9.17, 15) is 4.79 Å². The number of hydrogen-bond donors (Lipinski definition) is 1. The minimum atomic E-state index is -0.0613. The Kier molecular flexibility index (Phi) is 4.69. The number of carbonyl (C=O) groups is 1. The van der Waals surface area contributed by atoms with Crippen LogP contribution in [0.5, 0.6) is 0 Å². The second-order valence-corrected chi connectivity index (χ2v) is 7.33. The van der Waals surface area contributed by atoms with E-state index in [0.29, 0.717) is 17.1 Å². The third kappa shape index (κ3) is 3.62. The number of thiazole rings is 1. The first-order valence-corrected chi connectivity index (χ1v) is 9.38. The number of anilines is 1. The maximum absolute atomic E-state index is 12.3. The summed E-state index contributed by atoms with van der Waals surface area (Å²) < 4.78 is 1.11. The van der Waals surface area contributed by atoms with Crippen molar-refractivity contribution in [3.05, 3.63) is 83.4 Å². The van der Waals surface area contributed by atoms with Gasteiger partial charge in [0.15, 0.2) is 0 Å². The molecule has 4 rings (SSSR count). The first-order valence-electron chi connectivity index (χ1n) is 8.18. The van der Waals surface area contributed by atoms with E-state index in [-0.39, 0.29) is 5.91 Å². The van der Waals surface area contributed by atoms with Crippen LogP contribution < -0.4 is 5.32 Å². The van der Waals surface area contributed by atoms with Gasteiger partial charge in [0, 0.05) is 11.3 Å². The highest BCUT2D eigenvalue weighted by Gasteiger charge is 2.12. The van der Waals surface area contributed by atoms with Crippen molar-refractivity contribution in [1.29, 1.82) is 0 Å². The van der Waals surface area contributed by atoms with Crippen LogP contribution in [0.25, 0.3) is 20.8 Å². The maximum atomic E-state index is 12.3. The molecule has 1 aromatic heterocycles. The van der Waals surface area contributed by atoms with Crippen LogP contribution in [0.2, 0.25) is 5.02 Å². The number of carbonyl (C=O) groups excluding carboxylic acids is 1. The lowest BCUT2D eigenvalue weighted by molar-refractivity contribution is -0.115. The van der Waals surface area contributed by atoms with Gasteiger partial charge >= 0.3 is 0 Å². The molecule has 0 aliphatic carbocycles. The summed E-state index contributed by atoms with van der Waals surface area (Å²) in [7, 11) is 0. The summed E-state index contributed by atoms with van der Waals surface area (Å²) in [6, 6.07) is 23.1. The van der Waals surface area contributed by atoms with Crippen LogP contribution in [0, 0.1) is 0 Å². The van der Waals surface area contributed by atoms with Gasteiger partial charge in [0.2, 0.25) is 5.91 Å². The molecule has 0 bridgehead atoms. The van der Waals surface area contributed by atoms with Crippen LogP contribution in [-0.2, 0) is 11.2 Å². The van der Waals surface area contributed by atoms with Crippen molar-refractivity contribution in [2.24, 2.45) is 0 Å². The molecule has 128 valence electrons. The van der Waals surface area contributed by atoms with Crippen LogP contribution >= 0.6 is 22.9 Å². The van der Waals surface area contributed by atoms with E-state index in [2.05, 4.69) is 10.3 Å². The van der Waals surface area contributed by atoms with Crippen molar-refractivity contribution in [3.63, 3.8) is 0 Å². The van der Waals surface area contributed by atoms with E-state index < -0.39 is 0 Å². The Bertz CT molecular complexity index is 1040. The highest BCUT2D eigenvalue weighted by atomic mass is 35.5. The number of benzene rings is 3. The second-order valence-electron chi connectivity index (χ2n) is 5.89. The van der Waals surface area contributed by atoms with Crippen LogP contribution in [0.15, 0.2) is 72.8 Å². The zero-order valence-electron chi connectivity index (χ0n) is 13.8. The molecule has 0 aliphatic rings. The van der Waals surface area contributed by atoms with Crippen molar-refractivity contribution >= 4 is 44.7 Å². The standard InChI is InChI=1S/C21H15ClN2OS/c22-17-11-10-15(23-20(25)12-14-6-2-1-3-7-14)13-16(17)21-24-18-8-4-5-9-19(18)26-21/h1-11,13H,12H2,(H,23,25). The lowest BCUT2D eigenvalue weighted by Crippen LogP contribution is -2.14. The molecule has 1 heterocycles. The fourth-order valence-electron chi connectivity index (χ4n) is 2.74. The number of fused-ring (bicyclic) bond motifs is 1. The van der Waals surface area contributed by atoms with Gasteiger partial charge in [0.05, 0.1) is 21.7 Å². The van der Waals surface area contributed by atoms with Gasteiger partial charge in [-0.3, -0.25) is 4.79 Å². The van der Waals surface area contributed by atoms with E-state index in [4.69, 9.17) is 11.6 Å². The summed E-state index contributed by atoms with van der Waals surface area (Å²) in [4.78, 5) is 17.0. The van der Waals surface area contributed by atoms with Crippen molar-refractivity contribution in [3.8, 4) is 10.6 Å². The Hall–Kier alpha value is -2.69. The second kappa shape index (κ2) is 7.28. The SMILES string of the molecule is O=C(Cc1ccccc1)Nc1ccc(Cl)c(-c2nc3ccccc3s2)c1. The average molecular weight is 379 g/mol. The first kappa shape index (κ1) is 16.8. The number of amides is 1. The van der Waals surface area contributed by atoms with Crippen LogP contribution in [0.3, 0.4) is 0 Å². The lowest BCUT2D eigenvalue weighted by Gasteiger charge is -2.08. The zero-order valence-corrected chi connectivity index (χ0v) is 15.3. The molecule has 1 N–H and O–H groups in total. The summed E-state index contributed by atoms with van der Waals surface area (Å²) >= 11 is 7.97. The van der Waals surface area contributed by atoms with Crippen LogP contribution in [-0.4, -0.2) is 10.9 Å². The summed E-state index contributed by atoms with van der Waals surface area (Å²) in [5.74, 6) is -0.0613. The summed E-state index contributed by atoms with van der Waals surface area (Å²) in [5, 5.41) is 4.40. The van der Waals surface area contributed by atoms with E-state index in [0.717, 1.165) is 26.4 Å². The highest BCUT2D eigenvalue weighted by molar-refractivity contribution is 7.21. The third-order valence-corrected chi connectivity index (χ3v) is 5.38. The number of hydrogen-bond acceptors (Lipinski definition) is 3. The number of para-hydroxylation sites is 1. The highest BCUT2D eigenvalue weighted by Crippen LogP contribution is 2.35. The van der Waals surface area contributed by atoms with Crippen molar-refractivity contribution in [1.82, 2.24) is 4.98 Å². The largest absolute Gasteiger partial charge is 0.326 e. The minimum absolute atomic E-state index is 0.0613. The number of nitrogens with one attached hydrogen (secondary N) is 1. The fourth-order valence-corrected chi connectivity index (χ4v) is 4.00. The molecular formula is C21H15ClN2OS. The van der Waals surface area contributed by atoms with Gasteiger partial charge in [-0.25, -0.2) is 4.98 Å². The van der Waals surface area contributed by atoms with Gasteiger partial charge in [-0.15, -0.1) is 11.3 Å². The molecule has 5 heteroatoms. The molecule has 0 saturated heterocycles. The number of rotatable bonds is 4. The molecular weight excluding hydrogens is 364 g/mol. The van der Waals surface area contributed by atoms with Gasteiger partial charge < -0.3 is 5.32 Å². The van der Waals surface area contributed by atoms with Gasteiger partial charge in [0.25, 0.3) is 0 Å².